The van der Waals surface area contributed by atoms with E-state index in [9.17, 15) is 4.79 Å². The summed E-state index contributed by atoms with van der Waals surface area (Å²) < 4.78 is 0.153. The maximum Gasteiger partial charge on any atom is 0.243 e. The van der Waals surface area contributed by atoms with Crippen LogP contribution in [0.2, 0.25) is 0 Å². The fourth-order valence-corrected chi connectivity index (χ4v) is 4.11. The van der Waals surface area contributed by atoms with Crippen molar-refractivity contribution < 1.29 is 4.79 Å². The molecule has 0 saturated carbocycles. The number of hydrogen-bond acceptors (Lipinski definition) is 3. The average Bonchev–Trinajstić information content (AvgIpc) is 2.74. The van der Waals surface area contributed by atoms with Crippen LogP contribution in [0, 0.1) is 0 Å². The summed E-state index contributed by atoms with van der Waals surface area (Å²) >= 11 is 3.53. The van der Waals surface area contributed by atoms with E-state index in [1.165, 1.54) is 0 Å². The summed E-state index contributed by atoms with van der Waals surface area (Å²) in [5.74, 6) is 2.46. The number of hydrogen-bond donors (Lipinski definition) is 1. The maximum absolute atomic E-state index is 11.6. The molecule has 1 N–H and O–H groups in total. The van der Waals surface area contributed by atoms with Crippen molar-refractivity contribution in [1.29, 1.82) is 0 Å². The number of carbonyl (C=O) groups is 1. The molecule has 1 aliphatic carbocycles. The van der Waals surface area contributed by atoms with Crippen molar-refractivity contribution in [1.82, 2.24) is 5.32 Å². The summed E-state index contributed by atoms with van der Waals surface area (Å²) in [6, 6.07) is 0.370. The fourth-order valence-electron chi connectivity index (χ4n) is 1.51. The van der Waals surface area contributed by atoms with Gasteiger partial charge in [-0.3, -0.25) is 4.79 Å². The van der Waals surface area contributed by atoms with Crippen molar-refractivity contribution in [2.75, 3.05) is 11.5 Å². The van der Waals surface area contributed by atoms with Gasteiger partial charge in [0.1, 0.15) is 4.58 Å². The van der Waals surface area contributed by atoms with Gasteiger partial charge in [-0.05, 0) is 12.8 Å². The fraction of sp³-hybridized carbons (Fsp3) is 0.667. The summed E-state index contributed by atoms with van der Waals surface area (Å²) in [6.07, 6.45) is 6.29. The van der Waals surface area contributed by atoms with Gasteiger partial charge in [0.15, 0.2) is 0 Å². The van der Waals surface area contributed by atoms with Crippen LogP contribution < -0.4 is 5.32 Å². The van der Waals surface area contributed by atoms with E-state index in [1.807, 2.05) is 0 Å². The zero-order valence-electron chi connectivity index (χ0n) is 7.36. The molecule has 72 valence electrons. The van der Waals surface area contributed by atoms with Crippen LogP contribution in [0.25, 0.3) is 0 Å². The molecule has 2 nitrogen and oxygen atoms in total. The largest absolute Gasteiger partial charge is 0.351 e. The molecule has 0 aromatic rings. The van der Waals surface area contributed by atoms with Gasteiger partial charge < -0.3 is 5.32 Å². The molecule has 0 unspecified atom stereocenters. The molecule has 1 fully saturated rings. The van der Waals surface area contributed by atoms with Gasteiger partial charge >= 0.3 is 0 Å². The number of amides is 1. The summed E-state index contributed by atoms with van der Waals surface area (Å²) in [5, 5.41) is 3.08. The van der Waals surface area contributed by atoms with Crippen LogP contribution in [0.5, 0.6) is 0 Å². The molecule has 0 spiro atoms. The van der Waals surface area contributed by atoms with Crippen LogP contribution in [-0.2, 0) is 4.79 Å². The molecule has 0 atom stereocenters. The highest BCUT2D eigenvalue weighted by molar-refractivity contribution is 8.21. The lowest BCUT2D eigenvalue weighted by Crippen LogP contribution is -2.37. The van der Waals surface area contributed by atoms with Crippen molar-refractivity contribution in [2.45, 2.75) is 23.5 Å². The molecule has 0 aromatic carbocycles. The molecule has 2 aliphatic rings. The molecular weight excluding hydrogens is 202 g/mol. The number of nitrogens with one attached hydrogen (secondary N) is 1. The standard InChI is InChI=1S/C9H13NOS2/c11-8(9-12-5-6-13-9)10-7-3-1-2-4-7/h1-2,7,9H,3-6H2,(H,10,11). The van der Waals surface area contributed by atoms with Crippen LogP contribution in [0.4, 0.5) is 0 Å². The van der Waals surface area contributed by atoms with Gasteiger partial charge in [0, 0.05) is 17.5 Å². The monoisotopic (exact) mass is 215 g/mol. The first-order valence-electron chi connectivity index (χ1n) is 4.55. The van der Waals surface area contributed by atoms with E-state index in [2.05, 4.69) is 17.5 Å². The number of rotatable bonds is 2. The third kappa shape index (κ3) is 2.44. The second-order valence-corrected chi connectivity index (χ2v) is 5.95. The summed E-state index contributed by atoms with van der Waals surface area (Å²) in [5.41, 5.74) is 0. The first-order chi connectivity index (χ1) is 6.36. The van der Waals surface area contributed by atoms with Crippen molar-refractivity contribution in [3.8, 4) is 0 Å². The Morgan fingerprint density at radius 1 is 1.23 bits per heavy atom. The normalized spacial score (nSPS) is 24.0. The molecule has 1 amide bonds. The second-order valence-electron chi connectivity index (χ2n) is 3.22. The third-order valence-corrected chi connectivity index (χ3v) is 5.18. The number of carbonyl (C=O) groups excluding carboxylic acids is 1. The van der Waals surface area contributed by atoms with Gasteiger partial charge in [0.2, 0.25) is 5.91 Å². The lowest BCUT2D eigenvalue weighted by atomic mass is 10.2. The van der Waals surface area contributed by atoms with E-state index in [-0.39, 0.29) is 10.5 Å². The first kappa shape index (κ1) is 9.46. The topological polar surface area (TPSA) is 29.1 Å². The Morgan fingerprint density at radius 3 is 2.46 bits per heavy atom. The summed E-state index contributed by atoms with van der Waals surface area (Å²) in [4.78, 5) is 11.6. The lowest BCUT2D eigenvalue weighted by molar-refractivity contribution is -0.119. The zero-order valence-corrected chi connectivity index (χ0v) is 9.00. The highest BCUT2D eigenvalue weighted by Gasteiger charge is 2.25. The van der Waals surface area contributed by atoms with Crippen LogP contribution in [0.3, 0.4) is 0 Å². The molecule has 0 radical (unpaired) electrons. The minimum absolute atomic E-state index is 0.153. The van der Waals surface area contributed by atoms with Gasteiger partial charge in [-0.25, -0.2) is 0 Å². The average molecular weight is 215 g/mol. The smallest absolute Gasteiger partial charge is 0.243 e. The molecule has 1 saturated heterocycles. The predicted octanol–water partition coefficient (Wildman–Crippen LogP) is 1.63. The first-order valence-corrected chi connectivity index (χ1v) is 6.64. The maximum atomic E-state index is 11.6. The van der Waals surface area contributed by atoms with Crippen molar-refractivity contribution in [2.24, 2.45) is 0 Å². The summed E-state index contributed by atoms with van der Waals surface area (Å²) in [6.45, 7) is 0. The Morgan fingerprint density at radius 2 is 1.85 bits per heavy atom. The van der Waals surface area contributed by atoms with Crippen molar-refractivity contribution in [3.05, 3.63) is 12.2 Å². The van der Waals surface area contributed by atoms with E-state index in [0.29, 0.717) is 6.04 Å². The SMILES string of the molecule is O=C(NC1CC=CC1)C1SCCS1. The van der Waals surface area contributed by atoms with E-state index in [4.69, 9.17) is 0 Å². The minimum atomic E-state index is 0.153. The Balaban J connectivity index is 1.77. The number of thioether (sulfide) groups is 2. The Hall–Kier alpha value is -0.0900. The van der Waals surface area contributed by atoms with E-state index < -0.39 is 0 Å². The highest BCUT2D eigenvalue weighted by Crippen LogP contribution is 2.32. The van der Waals surface area contributed by atoms with Gasteiger partial charge in [0.05, 0.1) is 0 Å². The minimum Gasteiger partial charge on any atom is -0.351 e. The molecule has 13 heavy (non-hydrogen) atoms. The third-order valence-electron chi connectivity index (χ3n) is 2.19. The van der Waals surface area contributed by atoms with E-state index >= 15 is 0 Å². The molecule has 1 heterocycles. The van der Waals surface area contributed by atoms with E-state index in [1.54, 1.807) is 23.5 Å². The van der Waals surface area contributed by atoms with Crippen LogP contribution >= 0.6 is 23.5 Å². The Labute approximate surface area is 86.9 Å². The Bertz CT molecular complexity index is 216. The predicted molar refractivity (Wildman–Crippen MR) is 59.0 cm³/mol. The lowest BCUT2D eigenvalue weighted by Gasteiger charge is -2.14. The van der Waals surface area contributed by atoms with Gasteiger partial charge in [-0.1, -0.05) is 12.2 Å². The highest BCUT2D eigenvalue weighted by atomic mass is 32.2. The molecule has 0 aromatic heterocycles. The van der Waals surface area contributed by atoms with Crippen LogP contribution in [-0.4, -0.2) is 28.0 Å². The molecule has 1 aliphatic heterocycles. The van der Waals surface area contributed by atoms with Crippen LogP contribution in [0.1, 0.15) is 12.8 Å². The molecule has 4 heteroatoms. The van der Waals surface area contributed by atoms with E-state index in [0.717, 1.165) is 24.3 Å². The zero-order chi connectivity index (χ0) is 9.10. The molecule has 0 bridgehead atoms. The van der Waals surface area contributed by atoms with Crippen LogP contribution in [0.15, 0.2) is 12.2 Å². The van der Waals surface area contributed by atoms with Crippen molar-refractivity contribution >= 4 is 29.4 Å². The summed E-state index contributed by atoms with van der Waals surface area (Å²) in [7, 11) is 0. The van der Waals surface area contributed by atoms with Crippen molar-refractivity contribution in [3.63, 3.8) is 0 Å². The van der Waals surface area contributed by atoms with Gasteiger partial charge in [-0.2, -0.15) is 0 Å². The molecular formula is C9H13NOS2. The van der Waals surface area contributed by atoms with Gasteiger partial charge in [-0.15, -0.1) is 23.5 Å². The second kappa shape index (κ2) is 4.42. The Kier molecular flexibility index (Phi) is 3.22. The quantitative estimate of drug-likeness (QED) is 0.710. The molecule has 2 rings (SSSR count). The van der Waals surface area contributed by atoms with Gasteiger partial charge in [0.25, 0.3) is 0 Å².